The fourth-order valence-corrected chi connectivity index (χ4v) is 2.55. The van der Waals surface area contributed by atoms with Crippen molar-refractivity contribution >= 4 is 22.6 Å². The van der Waals surface area contributed by atoms with Crippen molar-refractivity contribution in [3.8, 4) is 11.5 Å². The minimum Gasteiger partial charge on any atom is -0.395 e. The first-order chi connectivity index (χ1) is 8.52. The Balaban J connectivity index is 1.76. The second-order valence-electron chi connectivity index (χ2n) is 4.03. The first-order valence-electron chi connectivity index (χ1n) is 5.40. The van der Waals surface area contributed by atoms with E-state index in [4.69, 9.17) is 0 Å². The van der Waals surface area contributed by atoms with Crippen LogP contribution in [0.3, 0.4) is 0 Å². The van der Waals surface area contributed by atoms with Crippen LogP contribution in [0.15, 0.2) is 23.2 Å². The molecule has 0 saturated carbocycles. The second kappa shape index (κ2) is 4.01. The fourth-order valence-electron chi connectivity index (χ4n) is 1.70. The number of fused-ring (bicyclic) bond motifs is 1. The number of rotatable bonds is 1. The predicted molar refractivity (Wildman–Crippen MR) is 65.6 cm³/mol. The Hall–Kier alpha value is -1.50. The molecule has 0 saturated heterocycles. The van der Waals surface area contributed by atoms with Crippen LogP contribution in [0.25, 0.3) is 0 Å². The lowest BCUT2D eigenvalue weighted by molar-refractivity contribution is -0.286. The molecule has 2 heterocycles. The maximum atomic E-state index is 12.8. The van der Waals surface area contributed by atoms with Crippen molar-refractivity contribution in [1.29, 1.82) is 0 Å². The Morgan fingerprint density at radius 1 is 1.39 bits per heavy atom. The van der Waals surface area contributed by atoms with Gasteiger partial charge < -0.3 is 14.8 Å². The quantitative estimate of drug-likeness (QED) is 0.853. The number of aliphatic imine (C=N–C) groups is 1. The Kier molecular flexibility index (Phi) is 2.58. The molecule has 0 radical (unpaired) electrons. The van der Waals surface area contributed by atoms with Crippen LogP contribution in [0.4, 0.5) is 14.5 Å². The minimum absolute atomic E-state index is 0.0293. The maximum absolute atomic E-state index is 12.8. The lowest BCUT2D eigenvalue weighted by Crippen LogP contribution is -2.25. The highest BCUT2D eigenvalue weighted by molar-refractivity contribution is 8.15. The number of nitrogens with one attached hydrogen (secondary N) is 1. The van der Waals surface area contributed by atoms with Gasteiger partial charge in [-0.05, 0) is 12.1 Å². The van der Waals surface area contributed by atoms with Crippen LogP contribution < -0.4 is 14.8 Å². The van der Waals surface area contributed by atoms with E-state index in [1.807, 2.05) is 0 Å². The molecule has 3 rings (SSSR count). The van der Waals surface area contributed by atoms with Gasteiger partial charge in [0.25, 0.3) is 0 Å². The van der Waals surface area contributed by atoms with Crippen molar-refractivity contribution in [2.75, 3.05) is 11.9 Å². The van der Waals surface area contributed by atoms with Crippen molar-refractivity contribution in [1.82, 2.24) is 0 Å². The van der Waals surface area contributed by atoms with Gasteiger partial charge in [-0.1, -0.05) is 18.7 Å². The molecule has 1 unspecified atom stereocenters. The summed E-state index contributed by atoms with van der Waals surface area (Å²) >= 11 is 1.61. The van der Waals surface area contributed by atoms with Crippen LogP contribution in [0, 0.1) is 0 Å². The van der Waals surface area contributed by atoms with Crippen LogP contribution >= 0.6 is 11.8 Å². The van der Waals surface area contributed by atoms with Gasteiger partial charge in [-0.3, -0.25) is 4.99 Å². The maximum Gasteiger partial charge on any atom is 0.586 e. The number of hydrogen-bond acceptors (Lipinski definition) is 5. The van der Waals surface area contributed by atoms with E-state index in [0.29, 0.717) is 10.9 Å². The third kappa shape index (κ3) is 2.22. The summed E-state index contributed by atoms with van der Waals surface area (Å²) in [5.74, 6) is 0.0709. The lowest BCUT2D eigenvalue weighted by atomic mass is 10.3. The molecule has 0 bridgehead atoms. The van der Waals surface area contributed by atoms with Crippen molar-refractivity contribution in [2.45, 2.75) is 18.5 Å². The number of halogens is 2. The van der Waals surface area contributed by atoms with Gasteiger partial charge in [0.15, 0.2) is 16.7 Å². The number of alkyl halides is 2. The van der Waals surface area contributed by atoms with Crippen LogP contribution in [-0.2, 0) is 0 Å². The van der Waals surface area contributed by atoms with Gasteiger partial charge in [-0.25, -0.2) is 0 Å². The van der Waals surface area contributed by atoms with E-state index in [0.717, 1.165) is 11.7 Å². The summed E-state index contributed by atoms with van der Waals surface area (Å²) in [6, 6.07) is 4.57. The number of amidine groups is 1. The summed E-state index contributed by atoms with van der Waals surface area (Å²) in [6.45, 7) is 2.83. The normalized spacial score (nSPS) is 23.9. The lowest BCUT2D eigenvalue weighted by Gasteiger charge is -2.06. The summed E-state index contributed by atoms with van der Waals surface area (Å²) in [5.41, 5.74) is 0.649. The average molecular weight is 272 g/mol. The predicted octanol–water partition coefficient (Wildman–Crippen LogP) is 2.91. The molecule has 1 N–H and O–H groups in total. The van der Waals surface area contributed by atoms with E-state index in [1.54, 1.807) is 17.8 Å². The molecule has 0 aromatic heterocycles. The van der Waals surface area contributed by atoms with E-state index in [9.17, 15) is 8.78 Å². The van der Waals surface area contributed by atoms with Gasteiger partial charge >= 0.3 is 6.29 Å². The fraction of sp³-hybridized carbons (Fsp3) is 0.364. The number of benzene rings is 1. The molecule has 1 aromatic rings. The molecule has 1 aromatic carbocycles. The zero-order chi connectivity index (χ0) is 12.8. The standard InChI is InChI=1S/C11H10F2N2O2S/c1-6-5-14-10(18-6)15-7-2-3-8-9(4-7)17-11(12,13)16-8/h2-4,6H,5H2,1H3,(H,14,15). The molecular formula is C11H10F2N2O2S. The third-order valence-corrected chi connectivity index (χ3v) is 3.46. The van der Waals surface area contributed by atoms with E-state index in [2.05, 4.69) is 26.7 Å². The van der Waals surface area contributed by atoms with Crippen LogP contribution in [0.1, 0.15) is 6.92 Å². The summed E-state index contributed by atoms with van der Waals surface area (Å²) in [7, 11) is 0. The molecule has 96 valence electrons. The first-order valence-corrected chi connectivity index (χ1v) is 6.28. The molecule has 18 heavy (non-hydrogen) atoms. The van der Waals surface area contributed by atoms with Crippen molar-refractivity contribution in [2.24, 2.45) is 4.99 Å². The molecule has 7 heteroatoms. The summed E-state index contributed by atoms with van der Waals surface area (Å²) in [4.78, 5) is 4.28. The van der Waals surface area contributed by atoms with Gasteiger partial charge in [0.1, 0.15) is 0 Å². The Bertz CT molecular complexity index is 522. The topological polar surface area (TPSA) is 42.9 Å². The van der Waals surface area contributed by atoms with Gasteiger partial charge in [0.05, 0.1) is 6.54 Å². The summed E-state index contributed by atoms with van der Waals surface area (Å²) < 4.78 is 34.4. The highest BCUT2D eigenvalue weighted by Gasteiger charge is 2.43. The molecule has 0 fully saturated rings. The molecule has 4 nitrogen and oxygen atoms in total. The first kappa shape index (κ1) is 11.6. The van der Waals surface area contributed by atoms with E-state index in [-0.39, 0.29) is 11.5 Å². The zero-order valence-corrected chi connectivity index (χ0v) is 10.3. The smallest absolute Gasteiger partial charge is 0.395 e. The highest BCUT2D eigenvalue weighted by Crippen LogP contribution is 2.42. The highest BCUT2D eigenvalue weighted by atomic mass is 32.2. The third-order valence-electron chi connectivity index (χ3n) is 2.46. The Morgan fingerprint density at radius 3 is 2.89 bits per heavy atom. The molecule has 0 amide bonds. The Morgan fingerprint density at radius 2 is 2.17 bits per heavy atom. The van der Waals surface area contributed by atoms with Gasteiger partial charge in [-0.15, -0.1) is 8.78 Å². The molecular weight excluding hydrogens is 262 g/mol. The molecule has 2 aliphatic rings. The summed E-state index contributed by atoms with van der Waals surface area (Å²) in [5, 5.41) is 4.28. The average Bonchev–Trinajstić information content (AvgIpc) is 2.80. The van der Waals surface area contributed by atoms with Crippen molar-refractivity contribution in [3.05, 3.63) is 18.2 Å². The van der Waals surface area contributed by atoms with E-state index in [1.165, 1.54) is 12.1 Å². The molecule has 0 spiro atoms. The van der Waals surface area contributed by atoms with Gasteiger partial charge in [-0.2, -0.15) is 0 Å². The number of nitrogens with zero attached hydrogens (tertiary/aromatic N) is 1. The SMILES string of the molecule is CC1CN=C(Nc2ccc3c(c2)OC(F)(F)O3)S1. The van der Waals surface area contributed by atoms with E-state index >= 15 is 0 Å². The van der Waals surface area contributed by atoms with Crippen LogP contribution in [-0.4, -0.2) is 23.3 Å². The largest absolute Gasteiger partial charge is 0.586 e. The second-order valence-corrected chi connectivity index (χ2v) is 5.46. The summed E-state index contributed by atoms with van der Waals surface area (Å²) in [6.07, 6.45) is -3.57. The number of hydrogen-bond donors (Lipinski definition) is 1. The van der Waals surface area contributed by atoms with Crippen molar-refractivity contribution < 1.29 is 18.3 Å². The number of thioether (sulfide) groups is 1. The van der Waals surface area contributed by atoms with E-state index < -0.39 is 6.29 Å². The van der Waals surface area contributed by atoms with Crippen LogP contribution in [0.2, 0.25) is 0 Å². The Labute approximate surface area is 106 Å². The van der Waals surface area contributed by atoms with Gasteiger partial charge in [0, 0.05) is 17.0 Å². The van der Waals surface area contributed by atoms with Crippen molar-refractivity contribution in [3.63, 3.8) is 0 Å². The number of anilines is 1. The minimum atomic E-state index is -3.57. The van der Waals surface area contributed by atoms with Gasteiger partial charge in [0.2, 0.25) is 0 Å². The molecule has 0 aliphatic carbocycles. The zero-order valence-electron chi connectivity index (χ0n) is 9.44. The monoisotopic (exact) mass is 272 g/mol. The van der Waals surface area contributed by atoms with Crippen LogP contribution in [0.5, 0.6) is 11.5 Å². The molecule has 1 atom stereocenters. The molecule has 2 aliphatic heterocycles. The number of ether oxygens (including phenoxy) is 2.